The lowest BCUT2D eigenvalue weighted by molar-refractivity contribution is 0.660. The number of hydrogen-bond acceptors (Lipinski definition) is 1. The van der Waals surface area contributed by atoms with Gasteiger partial charge in [0.2, 0.25) is 0 Å². The highest BCUT2D eigenvalue weighted by Crippen LogP contribution is 2.65. The molecule has 3 aliphatic carbocycles. The van der Waals surface area contributed by atoms with Crippen molar-refractivity contribution in [3.63, 3.8) is 0 Å². The summed E-state index contributed by atoms with van der Waals surface area (Å²) in [6, 6.07) is 88.4. The maximum Gasteiger partial charge on any atom is 0.0726 e. The molecule has 0 fully saturated rings. The molecule has 0 unspecified atom stereocenters. The van der Waals surface area contributed by atoms with Gasteiger partial charge in [-0.25, -0.2) is 0 Å². The summed E-state index contributed by atoms with van der Waals surface area (Å²) in [5, 5.41) is 0. The minimum atomic E-state index is -0.475. The fraction of sp³-hybridized carbons (Fsp3) is 0.0625. The summed E-state index contributed by atoms with van der Waals surface area (Å²) >= 11 is 0. The van der Waals surface area contributed by atoms with Gasteiger partial charge in [-0.05, 0) is 113 Å². The van der Waals surface area contributed by atoms with Gasteiger partial charge in [-0.1, -0.05) is 226 Å². The van der Waals surface area contributed by atoms with Crippen LogP contribution in [0.2, 0.25) is 0 Å². The van der Waals surface area contributed by atoms with Crippen LogP contribution >= 0.6 is 0 Å². The molecule has 0 radical (unpaired) electrons. The zero-order valence-electron chi connectivity index (χ0n) is 36.5. The van der Waals surface area contributed by atoms with Gasteiger partial charge in [0.25, 0.3) is 0 Å². The third-order valence-corrected chi connectivity index (χ3v) is 14.7. The molecule has 0 N–H and O–H groups in total. The van der Waals surface area contributed by atoms with E-state index in [2.05, 4.69) is 255 Å². The fourth-order valence-corrected chi connectivity index (χ4v) is 12.0. The van der Waals surface area contributed by atoms with Crippen molar-refractivity contribution in [2.24, 2.45) is 0 Å². The standard InChI is InChI=1S/C64H45N/c1-63(2)53-32-15-11-26-47(53)50-40-39-44(41-58(50)63)65(59-37-19-31-46(43-23-7-4-8-24-43)61(59)51-29-10-9-25-45(51)42-21-5-3-6-22-42)60-38-20-36-57-62(60)52-30-14-18-35-56(52)64(57)54-33-16-12-27-48(54)49-28-13-17-34-55(49)64/h3-41H,1-2H3. The van der Waals surface area contributed by atoms with E-state index in [1.807, 2.05) is 0 Å². The molecule has 1 heteroatoms. The second-order valence-corrected chi connectivity index (χ2v) is 18.3. The van der Waals surface area contributed by atoms with Crippen molar-refractivity contribution in [1.82, 2.24) is 0 Å². The first-order valence-corrected chi connectivity index (χ1v) is 22.9. The van der Waals surface area contributed by atoms with E-state index in [1.165, 1.54) is 100 Å². The maximum atomic E-state index is 2.60. The number of anilines is 3. The molecule has 0 aromatic heterocycles. The maximum absolute atomic E-state index is 2.60. The van der Waals surface area contributed by atoms with Crippen LogP contribution in [0.5, 0.6) is 0 Å². The highest BCUT2D eigenvalue weighted by molar-refractivity contribution is 6.06. The van der Waals surface area contributed by atoms with E-state index in [4.69, 9.17) is 0 Å². The molecule has 0 saturated heterocycles. The summed E-state index contributed by atoms with van der Waals surface area (Å²) in [7, 11) is 0. The van der Waals surface area contributed by atoms with Crippen molar-refractivity contribution in [2.45, 2.75) is 24.7 Å². The van der Waals surface area contributed by atoms with Crippen molar-refractivity contribution in [1.29, 1.82) is 0 Å². The summed E-state index contributed by atoms with van der Waals surface area (Å²) in [4.78, 5) is 2.60. The Hall–Kier alpha value is -8.00. The van der Waals surface area contributed by atoms with Gasteiger partial charge in [0.1, 0.15) is 0 Å². The summed E-state index contributed by atoms with van der Waals surface area (Å²) in [6.45, 7) is 4.77. The lowest BCUT2D eigenvalue weighted by atomic mass is 9.70. The first-order valence-electron chi connectivity index (χ1n) is 22.9. The molecule has 1 spiro atoms. The Bertz CT molecular complexity index is 3480. The van der Waals surface area contributed by atoms with Gasteiger partial charge in [0, 0.05) is 22.2 Å². The van der Waals surface area contributed by atoms with E-state index >= 15 is 0 Å². The van der Waals surface area contributed by atoms with Crippen LogP contribution in [0.4, 0.5) is 17.1 Å². The van der Waals surface area contributed by atoms with Crippen LogP contribution in [-0.4, -0.2) is 0 Å². The molecule has 0 heterocycles. The van der Waals surface area contributed by atoms with E-state index in [1.54, 1.807) is 0 Å². The Labute approximate surface area is 381 Å². The van der Waals surface area contributed by atoms with Crippen LogP contribution in [-0.2, 0) is 10.8 Å². The highest BCUT2D eigenvalue weighted by Gasteiger charge is 2.52. The van der Waals surface area contributed by atoms with E-state index in [-0.39, 0.29) is 5.41 Å². The Balaban J connectivity index is 1.16. The SMILES string of the molecule is CC1(C)c2ccccc2-c2ccc(N(c3cccc(-c4ccccc4)c3-c3ccccc3-c3ccccc3)c3cccc4c3-c3ccccc3C43c4ccccc4-c4ccccc43)cc21. The minimum absolute atomic E-state index is 0.186. The second-order valence-electron chi connectivity index (χ2n) is 18.3. The van der Waals surface area contributed by atoms with Crippen LogP contribution in [0.25, 0.3) is 66.8 Å². The quantitative estimate of drug-likeness (QED) is 0.161. The number of rotatable bonds is 6. The first kappa shape index (κ1) is 37.5. The molecule has 1 nitrogen and oxygen atoms in total. The van der Waals surface area contributed by atoms with Crippen molar-refractivity contribution < 1.29 is 0 Å². The topological polar surface area (TPSA) is 3.24 Å². The Morgan fingerprint density at radius 3 is 1.32 bits per heavy atom. The molecular formula is C64H45N. The summed E-state index contributed by atoms with van der Waals surface area (Å²) < 4.78 is 0. The van der Waals surface area contributed by atoms with Crippen LogP contribution in [0, 0.1) is 0 Å². The highest BCUT2D eigenvalue weighted by atomic mass is 15.1. The van der Waals surface area contributed by atoms with E-state index in [0.717, 1.165) is 17.1 Å². The van der Waals surface area contributed by atoms with Crippen molar-refractivity contribution in [3.05, 3.63) is 270 Å². The number of fused-ring (bicyclic) bond motifs is 13. The van der Waals surface area contributed by atoms with Crippen LogP contribution in [0.1, 0.15) is 47.2 Å². The largest absolute Gasteiger partial charge is 0.309 e. The molecule has 0 bridgehead atoms. The van der Waals surface area contributed by atoms with E-state index < -0.39 is 5.41 Å². The predicted octanol–water partition coefficient (Wildman–Crippen LogP) is 16.8. The molecule has 0 amide bonds. The van der Waals surface area contributed by atoms with Crippen molar-refractivity contribution in [2.75, 3.05) is 4.90 Å². The van der Waals surface area contributed by atoms with Gasteiger partial charge >= 0.3 is 0 Å². The summed E-state index contributed by atoms with van der Waals surface area (Å²) in [5.74, 6) is 0. The molecule has 65 heavy (non-hydrogen) atoms. The molecule has 0 saturated carbocycles. The van der Waals surface area contributed by atoms with E-state index in [0.29, 0.717) is 0 Å². The van der Waals surface area contributed by atoms with Crippen LogP contribution < -0.4 is 4.90 Å². The number of hydrogen-bond donors (Lipinski definition) is 0. The zero-order valence-corrected chi connectivity index (χ0v) is 36.5. The lowest BCUT2D eigenvalue weighted by Gasteiger charge is -2.33. The zero-order chi connectivity index (χ0) is 43.3. The van der Waals surface area contributed by atoms with Gasteiger partial charge in [-0.3, -0.25) is 0 Å². The van der Waals surface area contributed by atoms with Crippen molar-refractivity contribution >= 4 is 17.1 Å². The molecule has 10 aromatic rings. The average molecular weight is 828 g/mol. The van der Waals surface area contributed by atoms with E-state index in [9.17, 15) is 0 Å². The van der Waals surface area contributed by atoms with Crippen LogP contribution in [0.3, 0.4) is 0 Å². The third-order valence-electron chi connectivity index (χ3n) is 14.7. The molecule has 3 aliphatic rings. The Kier molecular flexibility index (Phi) is 8.24. The smallest absolute Gasteiger partial charge is 0.0726 e. The van der Waals surface area contributed by atoms with Gasteiger partial charge < -0.3 is 4.90 Å². The monoisotopic (exact) mass is 827 g/mol. The van der Waals surface area contributed by atoms with Gasteiger partial charge in [-0.15, -0.1) is 0 Å². The van der Waals surface area contributed by atoms with Crippen LogP contribution in [0.15, 0.2) is 237 Å². The van der Waals surface area contributed by atoms with Gasteiger partial charge in [0.05, 0.1) is 16.8 Å². The summed E-state index contributed by atoms with van der Waals surface area (Å²) in [6.07, 6.45) is 0. The molecule has 0 aliphatic heterocycles. The molecule has 10 aromatic carbocycles. The Morgan fingerprint density at radius 1 is 0.277 bits per heavy atom. The number of benzene rings is 10. The van der Waals surface area contributed by atoms with Gasteiger partial charge in [-0.2, -0.15) is 0 Å². The summed E-state index contributed by atoms with van der Waals surface area (Å²) in [5.41, 5.74) is 25.7. The Morgan fingerprint density at radius 2 is 0.692 bits per heavy atom. The lowest BCUT2D eigenvalue weighted by Crippen LogP contribution is -2.26. The fourth-order valence-electron chi connectivity index (χ4n) is 12.0. The normalized spacial score (nSPS) is 13.9. The molecule has 306 valence electrons. The third kappa shape index (κ3) is 5.27. The van der Waals surface area contributed by atoms with Crippen molar-refractivity contribution in [3.8, 4) is 66.8 Å². The van der Waals surface area contributed by atoms with Gasteiger partial charge in [0.15, 0.2) is 0 Å². The molecular weight excluding hydrogens is 783 g/mol. The number of nitrogens with zero attached hydrogens (tertiary/aromatic N) is 1. The molecule has 13 rings (SSSR count). The average Bonchev–Trinajstić information content (AvgIpc) is 3.93. The second kappa shape index (κ2) is 14.3. The predicted molar refractivity (Wildman–Crippen MR) is 271 cm³/mol. The molecule has 0 atom stereocenters. The first-order chi connectivity index (χ1) is 32.0. The minimum Gasteiger partial charge on any atom is -0.309 e.